The highest BCUT2D eigenvalue weighted by Gasteiger charge is 2.36. The molecule has 0 heterocycles. The molecule has 2 aromatic rings. The van der Waals surface area contributed by atoms with E-state index in [0.29, 0.717) is 50.8 Å². The summed E-state index contributed by atoms with van der Waals surface area (Å²) in [5.74, 6) is -15.0. The number of aliphatic carboxylic acids is 4. The Kier molecular flexibility index (Phi) is 51.9. The van der Waals surface area contributed by atoms with Crippen LogP contribution >= 0.6 is 11.8 Å². The van der Waals surface area contributed by atoms with Crippen molar-refractivity contribution in [1.29, 1.82) is 0 Å². The summed E-state index contributed by atoms with van der Waals surface area (Å²) < 4.78 is 64.2. The Hall–Kier alpha value is -7.90. The van der Waals surface area contributed by atoms with Crippen LogP contribution in [0.3, 0.4) is 0 Å². The van der Waals surface area contributed by atoms with Crippen molar-refractivity contribution in [2.24, 2.45) is 47.2 Å². The summed E-state index contributed by atoms with van der Waals surface area (Å²) in [7, 11) is -3.65. The predicted molar refractivity (Wildman–Crippen MR) is 435 cm³/mol. The molecule has 0 aliphatic heterocycles. The first-order chi connectivity index (χ1) is 55.3. The van der Waals surface area contributed by atoms with Gasteiger partial charge in [-0.2, -0.15) is 11.8 Å². The molecule has 0 aromatic heterocycles. The van der Waals surface area contributed by atoms with Crippen molar-refractivity contribution in [2.75, 3.05) is 155 Å². The number of amides is 7. The van der Waals surface area contributed by atoms with Crippen molar-refractivity contribution < 1.29 is 120 Å². The number of rotatable bonds is 66. The average Bonchev–Trinajstić information content (AvgIpc) is 0.807. The number of carbonyl (C=O) groups is 12. The van der Waals surface area contributed by atoms with Crippen molar-refractivity contribution in [3.63, 3.8) is 0 Å². The third-order valence-corrected chi connectivity index (χ3v) is 22.9. The Morgan fingerprint density at radius 2 is 0.853 bits per heavy atom. The summed E-state index contributed by atoms with van der Waals surface area (Å²) in [6, 6.07) is 11.1. The molecule has 0 bridgehead atoms. The number of benzene rings is 2. The van der Waals surface area contributed by atoms with Gasteiger partial charge in [0.15, 0.2) is 15.6 Å². The Bertz CT molecular complexity index is 3460. The van der Waals surface area contributed by atoms with Gasteiger partial charge < -0.3 is 96.5 Å². The Balaban J connectivity index is 1.81. The van der Waals surface area contributed by atoms with Crippen LogP contribution < -0.4 is 43.0 Å². The minimum atomic E-state index is -3.65. The molecule has 1 aliphatic rings. The van der Waals surface area contributed by atoms with Crippen molar-refractivity contribution in [3.8, 4) is 0 Å². The minimum Gasteiger partial charge on any atom is -0.481 e. The number of hydrogen-bond acceptors (Lipinski definition) is 23. The molecule has 7 amide bonds. The normalized spacial score (nSPS) is 14.6. The lowest BCUT2D eigenvalue weighted by molar-refractivity contribution is -0.144. The lowest BCUT2D eigenvalue weighted by Gasteiger charge is -2.29. The van der Waals surface area contributed by atoms with E-state index in [1.807, 2.05) is 30.3 Å². The van der Waals surface area contributed by atoms with E-state index in [1.165, 1.54) is 25.6 Å². The minimum absolute atomic E-state index is 0.00195. The molecule has 13 N–H and O–H groups in total. The second kappa shape index (κ2) is 58.9. The zero-order valence-electron chi connectivity index (χ0n) is 68.8. The highest BCUT2D eigenvalue weighted by molar-refractivity contribution is 8.00. The van der Waals surface area contributed by atoms with Crippen LogP contribution in [0.25, 0.3) is 0 Å². The van der Waals surface area contributed by atoms with Gasteiger partial charge in [0.2, 0.25) is 35.4 Å². The van der Waals surface area contributed by atoms with E-state index in [-0.39, 0.29) is 204 Å². The number of thioether (sulfide) groups is 1. The van der Waals surface area contributed by atoms with E-state index in [2.05, 4.69) is 50.2 Å². The Labute approximate surface area is 687 Å². The van der Waals surface area contributed by atoms with Gasteiger partial charge in [0.05, 0.1) is 127 Å². The number of carboxylic acid groups (broad SMARTS) is 4. The van der Waals surface area contributed by atoms with E-state index in [4.69, 9.17) is 38.9 Å². The topological polar surface area (TPSA) is 495 Å². The summed E-state index contributed by atoms with van der Waals surface area (Å²) in [5, 5.41) is 60.1. The van der Waals surface area contributed by atoms with Crippen LogP contribution in [0.2, 0.25) is 0 Å². The second-order valence-electron chi connectivity index (χ2n) is 29.6. The quantitative estimate of drug-likeness (QED) is 0.0396. The molecule has 3 rings (SSSR count). The lowest BCUT2D eigenvalue weighted by Crippen LogP contribution is -2.45. The summed E-state index contributed by atoms with van der Waals surface area (Å²) in [5.41, 5.74) is 11.2. The number of alkyl carbamates (subject to hydrolysis) is 1. The number of nitrogens with one attached hydrogen (secondary N) is 7. The number of fused-ring (bicyclic) bond motifs is 2. The number of carboxylic acids is 4. The van der Waals surface area contributed by atoms with Gasteiger partial charge in [0, 0.05) is 88.8 Å². The molecular formula is C81H130N8O25S2. The van der Waals surface area contributed by atoms with Crippen molar-refractivity contribution in [2.45, 2.75) is 169 Å². The Morgan fingerprint density at radius 1 is 0.448 bits per heavy atom. The van der Waals surface area contributed by atoms with Crippen molar-refractivity contribution >= 4 is 92.8 Å². The monoisotopic (exact) mass is 1680 g/mol. The molecule has 0 saturated heterocycles. The van der Waals surface area contributed by atoms with Gasteiger partial charge >= 0.3 is 30.0 Å². The van der Waals surface area contributed by atoms with E-state index in [9.17, 15) is 86.4 Å². The van der Waals surface area contributed by atoms with Crippen molar-refractivity contribution in [1.82, 2.24) is 37.2 Å². The molecule has 9 unspecified atom stereocenters. The number of aryl methyl sites for hydroxylation is 4. The second-order valence-corrected chi connectivity index (χ2v) is 33.0. The summed E-state index contributed by atoms with van der Waals surface area (Å²) >= 11 is 1.21. The smallest absolute Gasteiger partial charge is 0.407 e. The molecule has 1 aliphatic carbocycles. The highest BCUT2D eigenvalue weighted by atomic mass is 32.2. The zero-order valence-corrected chi connectivity index (χ0v) is 70.4. The standard InChI is InChI=1S/C81H130N8O25S2/c1-8-9-10-11-12-72(92)71(89-73(93)52-82)53-115-40-42-116(106,107)41-39-114-81(105)88-26-32-113-38-37-111-30-24-86-75(95)68(43-54(2)74(94)85-23-29-110-35-33-108-27-21-83-58(6)90)50-69(76(96)87-25-31-112-36-34-109-28-22-84-59(7)91)51-70(80(103)104)49-67(46-57(5)79(101)102)65-20-16-61-13-17-62-47-64(19-15-60(62)14-18-63(61)48-65)66(44-55(3)77(97)98)45-56(4)78(99)100/h15-16,19-20,47-48,54-57,66-71H,8-14,17-18,21-46,49-53,82H2,1-7H3,(H,83,90)(H,84,91)(H,85,94)(H,86,95)(H,87,96)(H,88,105)(H,89,93)(H,97,98)(H,99,100)(H,101,102)(H,103,104). The number of ether oxygens (including phenoxy) is 7. The van der Waals surface area contributed by atoms with Gasteiger partial charge in [-0.15, -0.1) is 0 Å². The van der Waals surface area contributed by atoms with Gasteiger partial charge in [-0.1, -0.05) is 90.3 Å². The summed E-state index contributed by atoms with van der Waals surface area (Å²) in [4.78, 5) is 153. The zero-order chi connectivity index (χ0) is 85.8. The third-order valence-electron chi connectivity index (χ3n) is 19.9. The Morgan fingerprint density at radius 3 is 1.28 bits per heavy atom. The van der Waals surface area contributed by atoms with Gasteiger partial charge in [0.25, 0.3) is 0 Å². The fourth-order valence-corrected chi connectivity index (χ4v) is 16.0. The largest absolute Gasteiger partial charge is 0.481 e. The maximum atomic E-state index is 14.8. The van der Waals surface area contributed by atoms with Crippen LogP contribution in [0.15, 0.2) is 36.4 Å². The van der Waals surface area contributed by atoms with Gasteiger partial charge in [-0.3, -0.25) is 52.7 Å². The van der Waals surface area contributed by atoms with Gasteiger partial charge in [0.1, 0.15) is 6.61 Å². The maximum Gasteiger partial charge on any atom is 0.407 e. The number of sulfone groups is 1. The van der Waals surface area contributed by atoms with Crippen LogP contribution in [0.1, 0.15) is 171 Å². The molecule has 9 atom stereocenters. The molecule has 33 nitrogen and oxygen atoms in total. The van der Waals surface area contributed by atoms with Crippen LogP contribution in [0.4, 0.5) is 4.79 Å². The molecule has 2 aromatic carbocycles. The van der Waals surface area contributed by atoms with Gasteiger partial charge in [-0.05, 0) is 122 Å². The number of nitrogens with two attached hydrogens (primary N) is 1. The molecule has 0 spiro atoms. The van der Waals surface area contributed by atoms with E-state index >= 15 is 0 Å². The number of hydrogen-bond donors (Lipinski definition) is 12. The number of Topliss-reactive ketones (excluding diaryl/α,β-unsaturated/α-hetero) is 1. The fraction of sp³-hybridized carbons (Fsp3) is 0.704. The van der Waals surface area contributed by atoms with Crippen LogP contribution in [-0.4, -0.2) is 261 Å². The van der Waals surface area contributed by atoms with Gasteiger partial charge in [-0.25, -0.2) is 13.2 Å². The third kappa shape index (κ3) is 44.6. The lowest BCUT2D eigenvalue weighted by atomic mass is 9.76. The molecular weight excluding hydrogens is 1550 g/mol. The molecule has 656 valence electrons. The van der Waals surface area contributed by atoms with E-state index < -0.39 is 129 Å². The maximum absolute atomic E-state index is 14.8. The van der Waals surface area contributed by atoms with Crippen LogP contribution in [0, 0.1) is 41.4 Å². The first kappa shape index (κ1) is 102. The highest BCUT2D eigenvalue weighted by Crippen LogP contribution is 2.38. The SMILES string of the molecule is CCCCCCC(=O)C(CSCCS(=O)(=O)CCOC(=O)NCCOCCOCCNC(=O)C(CC(C)C(=O)NCCOCCOCCNC(C)=O)CC(CC(CC(CC(C)C(=O)O)c1ccc2c(c1)CCc1ccc(C(CC(C)C(=O)O)CC(C)C(=O)O)cc1CC2)C(=O)O)C(=O)NCCOCCOCCNC(C)=O)NC(=O)CN. The summed E-state index contributed by atoms with van der Waals surface area (Å²) in [6.45, 7) is 12.6. The predicted octanol–water partition coefficient (Wildman–Crippen LogP) is 4.78. The molecule has 35 heteroatoms. The van der Waals surface area contributed by atoms with E-state index in [0.717, 1.165) is 47.1 Å². The molecule has 116 heavy (non-hydrogen) atoms. The fourth-order valence-electron chi connectivity index (χ4n) is 13.3. The summed E-state index contributed by atoms with van der Waals surface area (Å²) in [6.07, 6.45) is 5.15. The first-order valence-electron chi connectivity index (χ1n) is 40.5. The molecule has 0 radical (unpaired) electrons. The van der Waals surface area contributed by atoms with Crippen molar-refractivity contribution in [3.05, 3.63) is 69.8 Å². The number of unbranched alkanes of at least 4 members (excludes halogenated alkanes) is 3. The van der Waals surface area contributed by atoms with Crippen LogP contribution in [0.5, 0.6) is 0 Å². The molecule has 0 fully saturated rings. The number of carbonyl (C=O) groups excluding carboxylic acids is 8. The first-order valence-corrected chi connectivity index (χ1v) is 43.5. The van der Waals surface area contributed by atoms with E-state index in [1.54, 1.807) is 27.7 Å². The average molecular weight is 1680 g/mol. The molecule has 0 saturated carbocycles. The number of ketones is 1. The van der Waals surface area contributed by atoms with Crippen LogP contribution in [-0.2, 0) is 121 Å².